The first-order valence-electron chi connectivity index (χ1n) is 5.68. The van der Waals surface area contributed by atoms with E-state index in [9.17, 15) is 18.3 Å². The highest BCUT2D eigenvalue weighted by Crippen LogP contribution is 2.27. The summed E-state index contributed by atoms with van der Waals surface area (Å²) in [5.41, 5.74) is 0. The summed E-state index contributed by atoms with van der Waals surface area (Å²) in [5, 5.41) is 10.7. The number of rotatable bonds is 3. The Morgan fingerprint density at radius 2 is 2.00 bits per heavy atom. The largest absolute Gasteiger partial charge is 0.550 e. The molecule has 0 N–H and O–H groups in total. The molecule has 18 heavy (non-hydrogen) atoms. The average molecular weight is 288 g/mol. The molecule has 0 atom stereocenters. The van der Waals surface area contributed by atoms with Crippen LogP contribution in [0.1, 0.15) is 17.7 Å². The Hall–Kier alpha value is -0.920. The third kappa shape index (κ3) is 2.57. The Morgan fingerprint density at radius 3 is 2.44 bits per heavy atom. The van der Waals surface area contributed by atoms with Crippen LogP contribution in [0.4, 0.5) is 0 Å². The normalized spacial score (nSPS) is 18.9. The topological polar surface area (TPSA) is 77.5 Å². The number of thiophene rings is 1. The molecular formula is C11H14NO4S2-. The smallest absolute Gasteiger partial charge is 0.252 e. The predicted octanol–water partition coefficient (Wildman–Crippen LogP) is 0.207. The Kier molecular flexibility index (Phi) is 3.74. The van der Waals surface area contributed by atoms with Crippen molar-refractivity contribution in [1.29, 1.82) is 0 Å². The van der Waals surface area contributed by atoms with Crippen LogP contribution in [0.15, 0.2) is 16.3 Å². The quantitative estimate of drug-likeness (QED) is 0.796. The number of carboxylic acids is 1. The third-order valence-corrected chi connectivity index (χ3v) is 6.46. The number of hydrogen-bond acceptors (Lipinski definition) is 5. The van der Waals surface area contributed by atoms with Crippen LogP contribution in [0.3, 0.4) is 0 Å². The number of carboxylic acid groups (broad SMARTS) is 1. The first-order chi connectivity index (χ1) is 8.41. The zero-order valence-electron chi connectivity index (χ0n) is 9.96. The molecule has 1 aromatic rings. The number of aliphatic carboxylic acids is 1. The van der Waals surface area contributed by atoms with Gasteiger partial charge in [-0.05, 0) is 31.9 Å². The summed E-state index contributed by atoms with van der Waals surface area (Å²) in [5.74, 6) is -1.61. The van der Waals surface area contributed by atoms with Crippen molar-refractivity contribution in [3.63, 3.8) is 0 Å². The molecular weight excluding hydrogens is 274 g/mol. The minimum absolute atomic E-state index is 0.248. The summed E-state index contributed by atoms with van der Waals surface area (Å²) in [4.78, 5) is 11.6. The third-order valence-electron chi connectivity index (χ3n) is 3.10. The van der Waals surface area contributed by atoms with Gasteiger partial charge in [0.1, 0.15) is 4.21 Å². The Morgan fingerprint density at radius 1 is 1.39 bits per heavy atom. The Bertz CT molecular complexity index is 541. The van der Waals surface area contributed by atoms with E-state index < -0.39 is 21.9 Å². The second-order valence-corrected chi connectivity index (χ2v) is 7.82. The highest BCUT2D eigenvalue weighted by Gasteiger charge is 2.30. The molecule has 0 bridgehead atoms. The summed E-state index contributed by atoms with van der Waals surface area (Å²) in [6, 6.07) is 3.37. The summed E-state index contributed by atoms with van der Waals surface area (Å²) < 4.78 is 26.2. The second kappa shape index (κ2) is 4.99. The number of sulfonamides is 1. The van der Waals surface area contributed by atoms with Gasteiger partial charge in [-0.25, -0.2) is 8.42 Å². The van der Waals surface area contributed by atoms with Gasteiger partial charge in [0.15, 0.2) is 0 Å². The first-order valence-corrected chi connectivity index (χ1v) is 7.94. The molecule has 0 unspecified atom stereocenters. The second-order valence-electron chi connectivity index (χ2n) is 4.36. The van der Waals surface area contributed by atoms with Gasteiger partial charge in [-0.1, -0.05) is 0 Å². The van der Waals surface area contributed by atoms with Gasteiger partial charge in [0, 0.05) is 29.9 Å². The Labute approximate surface area is 110 Å². The van der Waals surface area contributed by atoms with Crippen molar-refractivity contribution >= 4 is 27.3 Å². The van der Waals surface area contributed by atoms with Gasteiger partial charge in [-0.15, -0.1) is 11.3 Å². The van der Waals surface area contributed by atoms with Crippen molar-refractivity contribution < 1.29 is 18.3 Å². The van der Waals surface area contributed by atoms with Gasteiger partial charge in [-0.2, -0.15) is 4.31 Å². The van der Waals surface area contributed by atoms with Crippen molar-refractivity contribution in [2.24, 2.45) is 5.92 Å². The van der Waals surface area contributed by atoms with Crippen LogP contribution in [0, 0.1) is 12.8 Å². The van der Waals surface area contributed by atoms with E-state index in [2.05, 4.69) is 0 Å². The highest BCUT2D eigenvalue weighted by atomic mass is 32.2. The van der Waals surface area contributed by atoms with Gasteiger partial charge in [0.2, 0.25) is 0 Å². The van der Waals surface area contributed by atoms with Gasteiger partial charge in [-0.3, -0.25) is 0 Å². The number of piperidine rings is 1. The number of carbonyl (C=O) groups is 1. The SMILES string of the molecule is Cc1ccc(S(=O)(=O)N2CCC(C(=O)[O-])CC2)s1. The predicted molar refractivity (Wildman–Crippen MR) is 65.5 cm³/mol. The van der Waals surface area contributed by atoms with Crippen LogP contribution in [-0.4, -0.2) is 31.8 Å². The van der Waals surface area contributed by atoms with Crippen LogP contribution in [-0.2, 0) is 14.8 Å². The molecule has 0 amide bonds. The highest BCUT2D eigenvalue weighted by molar-refractivity contribution is 7.91. The molecule has 0 spiro atoms. The molecule has 0 aromatic carbocycles. The minimum atomic E-state index is -3.45. The fourth-order valence-electron chi connectivity index (χ4n) is 2.01. The van der Waals surface area contributed by atoms with E-state index >= 15 is 0 Å². The summed E-state index contributed by atoms with van der Waals surface area (Å²) >= 11 is 1.24. The molecule has 7 heteroatoms. The number of hydrogen-bond donors (Lipinski definition) is 0. The van der Waals surface area contributed by atoms with E-state index in [1.54, 1.807) is 12.1 Å². The molecule has 1 saturated heterocycles. The molecule has 1 aliphatic heterocycles. The zero-order chi connectivity index (χ0) is 13.3. The molecule has 5 nitrogen and oxygen atoms in total. The summed E-state index contributed by atoms with van der Waals surface area (Å²) in [6.45, 7) is 2.35. The van der Waals surface area contributed by atoms with E-state index in [4.69, 9.17) is 0 Å². The van der Waals surface area contributed by atoms with Crippen molar-refractivity contribution in [1.82, 2.24) is 4.31 Å². The maximum Gasteiger partial charge on any atom is 0.252 e. The molecule has 2 heterocycles. The number of aryl methyl sites for hydroxylation is 1. The molecule has 100 valence electrons. The van der Waals surface area contributed by atoms with E-state index in [0.29, 0.717) is 17.1 Å². The van der Waals surface area contributed by atoms with Gasteiger partial charge in [0.05, 0.1) is 0 Å². The summed E-state index contributed by atoms with van der Waals surface area (Å²) in [6.07, 6.45) is 0.651. The summed E-state index contributed by atoms with van der Waals surface area (Å²) in [7, 11) is -3.45. The fraction of sp³-hybridized carbons (Fsp3) is 0.545. The lowest BCUT2D eigenvalue weighted by Crippen LogP contribution is -2.43. The number of carbonyl (C=O) groups excluding carboxylic acids is 1. The monoisotopic (exact) mass is 288 g/mol. The zero-order valence-corrected chi connectivity index (χ0v) is 11.6. The minimum Gasteiger partial charge on any atom is -0.550 e. The molecule has 0 aliphatic carbocycles. The van der Waals surface area contributed by atoms with Crippen molar-refractivity contribution in [3.05, 3.63) is 17.0 Å². The van der Waals surface area contributed by atoms with Gasteiger partial charge < -0.3 is 9.90 Å². The fourth-order valence-corrected chi connectivity index (χ4v) is 4.92. The first kappa shape index (κ1) is 13.5. The lowest BCUT2D eigenvalue weighted by molar-refractivity contribution is -0.312. The van der Waals surface area contributed by atoms with Crippen LogP contribution in [0.5, 0.6) is 0 Å². The lowest BCUT2D eigenvalue weighted by Gasteiger charge is -2.31. The van der Waals surface area contributed by atoms with Gasteiger partial charge >= 0.3 is 0 Å². The van der Waals surface area contributed by atoms with Crippen LogP contribution in [0.2, 0.25) is 0 Å². The van der Waals surface area contributed by atoms with E-state index in [-0.39, 0.29) is 13.1 Å². The lowest BCUT2D eigenvalue weighted by atomic mass is 9.99. The van der Waals surface area contributed by atoms with Gasteiger partial charge in [0.25, 0.3) is 10.0 Å². The molecule has 1 aromatic heterocycles. The molecule has 1 fully saturated rings. The number of nitrogens with zero attached hydrogens (tertiary/aromatic N) is 1. The molecule has 0 radical (unpaired) electrons. The van der Waals surface area contributed by atoms with Crippen LogP contribution in [0.25, 0.3) is 0 Å². The Balaban J connectivity index is 2.12. The standard InChI is InChI=1S/C11H15NO4S2/c1-8-2-3-10(17-8)18(15,16)12-6-4-9(5-7-12)11(13)14/h2-3,9H,4-7H2,1H3,(H,13,14)/p-1. The van der Waals surface area contributed by atoms with Crippen molar-refractivity contribution in [2.75, 3.05) is 13.1 Å². The molecule has 0 saturated carbocycles. The molecule has 1 aliphatic rings. The average Bonchev–Trinajstić information content (AvgIpc) is 2.76. The molecule has 2 rings (SSSR count). The van der Waals surface area contributed by atoms with E-state index in [1.165, 1.54) is 15.6 Å². The van der Waals surface area contributed by atoms with Crippen LogP contribution >= 0.6 is 11.3 Å². The maximum absolute atomic E-state index is 12.3. The maximum atomic E-state index is 12.3. The van der Waals surface area contributed by atoms with Crippen LogP contribution < -0.4 is 5.11 Å². The van der Waals surface area contributed by atoms with Crippen molar-refractivity contribution in [2.45, 2.75) is 24.0 Å². The van der Waals surface area contributed by atoms with Crippen molar-refractivity contribution in [3.8, 4) is 0 Å². The van der Waals surface area contributed by atoms with E-state index in [0.717, 1.165) is 4.88 Å². The van der Waals surface area contributed by atoms with E-state index in [1.807, 2.05) is 6.92 Å².